The van der Waals surface area contributed by atoms with Crippen molar-refractivity contribution in [1.29, 1.82) is 0 Å². The van der Waals surface area contributed by atoms with Crippen LogP contribution in [0.1, 0.15) is 0 Å². The Morgan fingerprint density at radius 3 is 2.55 bits per heavy atom. The lowest BCUT2D eigenvalue weighted by Gasteiger charge is -2.11. The van der Waals surface area contributed by atoms with Gasteiger partial charge in [0.05, 0.1) is 15.6 Å². The SMILES string of the molecule is CN(C)S(=O)(=O)c1ccc(NC(=O)CSc2nnc(-c3cccc([N+](=O)[O-])c3)o2)cc1. The van der Waals surface area contributed by atoms with Crippen molar-refractivity contribution in [2.45, 2.75) is 10.1 Å². The number of non-ortho nitro benzene ring substituents is 1. The van der Waals surface area contributed by atoms with E-state index in [9.17, 15) is 23.3 Å². The number of carbonyl (C=O) groups is 1. The fourth-order valence-electron chi connectivity index (χ4n) is 2.38. The van der Waals surface area contributed by atoms with Gasteiger partial charge >= 0.3 is 0 Å². The van der Waals surface area contributed by atoms with Gasteiger partial charge in [0.25, 0.3) is 10.9 Å². The monoisotopic (exact) mass is 463 g/mol. The van der Waals surface area contributed by atoms with Gasteiger partial charge in [-0.05, 0) is 30.3 Å². The quantitative estimate of drug-likeness (QED) is 0.302. The summed E-state index contributed by atoms with van der Waals surface area (Å²) in [5, 5.41) is 21.3. The molecule has 2 aromatic carbocycles. The van der Waals surface area contributed by atoms with Gasteiger partial charge in [-0.15, -0.1) is 10.2 Å². The molecule has 0 saturated carbocycles. The molecule has 31 heavy (non-hydrogen) atoms. The highest BCUT2D eigenvalue weighted by Crippen LogP contribution is 2.26. The van der Waals surface area contributed by atoms with E-state index in [1.54, 1.807) is 6.07 Å². The van der Waals surface area contributed by atoms with Crippen LogP contribution in [0.2, 0.25) is 0 Å². The molecule has 0 spiro atoms. The number of nitrogens with one attached hydrogen (secondary N) is 1. The molecule has 0 aliphatic rings. The Morgan fingerprint density at radius 2 is 1.90 bits per heavy atom. The van der Waals surface area contributed by atoms with Gasteiger partial charge in [-0.1, -0.05) is 17.8 Å². The number of benzene rings is 2. The smallest absolute Gasteiger partial charge is 0.277 e. The fraction of sp³-hybridized carbons (Fsp3) is 0.167. The van der Waals surface area contributed by atoms with E-state index >= 15 is 0 Å². The number of nitro groups is 1. The summed E-state index contributed by atoms with van der Waals surface area (Å²) in [5.74, 6) is -0.290. The Bertz CT molecular complexity index is 1210. The van der Waals surface area contributed by atoms with Gasteiger partial charge in [0.2, 0.25) is 21.8 Å². The van der Waals surface area contributed by atoms with E-state index in [0.29, 0.717) is 11.3 Å². The standard InChI is InChI=1S/C18H17N5O6S2/c1-22(2)31(27,28)15-8-6-13(7-9-15)19-16(24)11-30-18-21-20-17(29-18)12-4-3-5-14(10-12)23(25)26/h3-10H,11H2,1-2H3,(H,19,24). The molecule has 0 bridgehead atoms. The maximum atomic E-state index is 12.1. The molecule has 0 radical (unpaired) electrons. The predicted octanol–water partition coefficient (Wildman–Crippen LogP) is 2.63. The van der Waals surface area contributed by atoms with E-state index in [-0.39, 0.29) is 33.4 Å². The number of rotatable bonds is 8. The maximum Gasteiger partial charge on any atom is 0.277 e. The first-order chi connectivity index (χ1) is 14.7. The number of nitro benzene ring substituents is 1. The number of thioether (sulfide) groups is 1. The molecule has 1 heterocycles. The van der Waals surface area contributed by atoms with Gasteiger partial charge in [-0.25, -0.2) is 12.7 Å². The van der Waals surface area contributed by atoms with E-state index in [4.69, 9.17) is 4.42 Å². The summed E-state index contributed by atoms with van der Waals surface area (Å²) in [6.07, 6.45) is 0. The topological polar surface area (TPSA) is 149 Å². The van der Waals surface area contributed by atoms with Crippen LogP contribution in [0.15, 0.2) is 63.1 Å². The van der Waals surface area contributed by atoms with Gasteiger partial charge < -0.3 is 9.73 Å². The summed E-state index contributed by atoms with van der Waals surface area (Å²) < 4.78 is 30.7. The average molecular weight is 463 g/mol. The number of amides is 1. The Morgan fingerprint density at radius 1 is 1.19 bits per heavy atom. The predicted molar refractivity (Wildman–Crippen MR) is 113 cm³/mol. The average Bonchev–Trinajstić information content (AvgIpc) is 3.22. The molecule has 0 atom stereocenters. The van der Waals surface area contributed by atoms with Gasteiger partial charge in [-0.2, -0.15) is 0 Å². The van der Waals surface area contributed by atoms with Crippen LogP contribution in [-0.4, -0.2) is 53.6 Å². The minimum Gasteiger partial charge on any atom is -0.411 e. The lowest BCUT2D eigenvalue weighted by atomic mass is 10.2. The maximum absolute atomic E-state index is 12.1. The van der Waals surface area contributed by atoms with Crippen LogP contribution in [0.25, 0.3) is 11.5 Å². The first-order valence-corrected chi connectivity index (χ1v) is 11.1. The van der Waals surface area contributed by atoms with Gasteiger partial charge in [0.15, 0.2) is 0 Å². The van der Waals surface area contributed by atoms with E-state index in [1.807, 2.05) is 0 Å². The Labute approximate surface area is 181 Å². The minimum atomic E-state index is -3.54. The normalized spacial score (nSPS) is 11.5. The van der Waals surface area contributed by atoms with Crippen LogP contribution in [0.3, 0.4) is 0 Å². The van der Waals surface area contributed by atoms with Crippen LogP contribution in [0.4, 0.5) is 11.4 Å². The van der Waals surface area contributed by atoms with Crippen LogP contribution in [-0.2, 0) is 14.8 Å². The van der Waals surface area contributed by atoms with Crippen molar-refractivity contribution < 1.29 is 22.6 Å². The molecule has 0 fully saturated rings. The van der Waals surface area contributed by atoms with Crippen molar-refractivity contribution in [2.24, 2.45) is 0 Å². The number of sulfonamides is 1. The molecular weight excluding hydrogens is 446 g/mol. The van der Waals surface area contributed by atoms with Crippen molar-refractivity contribution in [3.05, 3.63) is 58.6 Å². The van der Waals surface area contributed by atoms with Crippen molar-refractivity contribution in [2.75, 3.05) is 25.2 Å². The summed E-state index contributed by atoms with van der Waals surface area (Å²) >= 11 is 0.996. The zero-order valence-electron chi connectivity index (χ0n) is 16.4. The number of carbonyl (C=O) groups excluding carboxylic acids is 1. The van der Waals surface area contributed by atoms with Crippen LogP contribution < -0.4 is 5.32 Å². The van der Waals surface area contributed by atoms with E-state index in [1.165, 1.54) is 56.6 Å². The molecule has 3 aromatic rings. The van der Waals surface area contributed by atoms with Crippen molar-refractivity contribution in [3.8, 4) is 11.5 Å². The second-order valence-electron chi connectivity index (χ2n) is 6.33. The Kier molecular flexibility index (Phi) is 6.68. The molecule has 13 heteroatoms. The second-order valence-corrected chi connectivity index (χ2v) is 9.41. The van der Waals surface area contributed by atoms with Crippen molar-refractivity contribution in [1.82, 2.24) is 14.5 Å². The third kappa shape index (κ3) is 5.45. The summed E-state index contributed by atoms with van der Waals surface area (Å²) in [6, 6.07) is 11.6. The van der Waals surface area contributed by atoms with Gasteiger partial charge in [0.1, 0.15) is 0 Å². The molecule has 11 nitrogen and oxygen atoms in total. The molecule has 162 valence electrons. The fourth-order valence-corrected chi connectivity index (χ4v) is 3.85. The van der Waals surface area contributed by atoms with Crippen LogP contribution >= 0.6 is 11.8 Å². The molecule has 0 aliphatic carbocycles. The zero-order valence-corrected chi connectivity index (χ0v) is 18.0. The summed E-state index contributed by atoms with van der Waals surface area (Å²) in [7, 11) is -0.675. The lowest BCUT2D eigenvalue weighted by Crippen LogP contribution is -2.22. The molecule has 0 unspecified atom stereocenters. The third-order valence-corrected chi connectivity index (χ3v) is 6.60. The number of hydrogen-bond acceptors (Lipinski definition) is 9. The molecule has 0 aliphatic heterocycles. The molecule has 1 aromatic heterocycles. The van der Waals surface area contributed by atoms with Crippen molar-refractivity contribution in [3.63, 3.8) is 0 Å². The Balaban J connectivity index is 1.58. The minimum absolute atomic E-state index is 0.0334. The highest BCUT2D eigenvalue weighted by atomic mass is 32.2. The Hall–Kier alpha value is -3.29. The lowest BCUT2D eigenvalue weighted by molar-refractivity contribution is -0.384. The highest BCUT2D eigenvalue weighted by molar-refractivity contribution is 7.99. The first-order valence-electron chi connectivity index (χ1n) is 8.70. The summed E-state index contributed by atoms with van der Waals surface area (Å²) in [6.45, 7) is 0. The molecule has 1 N–H and O–H groups in total. The number of aromatic nitrogens is 2. The first kappa shape index (κ1) is 22.4. The summed E-state index contributed by atoms with van der Waals surface area (Å²) in [4.78, 5) is 22.6. The number of hydrogen-bond donors (Lipinski definition) is 1. The van der Waals surface area contributed by atoms with Crippen LogP contribution in [0.5, 0.6) is 0 Å². The molecule has 3 rings (SSSR count). The van der Waals surface area contributed by atoms with Gasteiger partial charge in [-0.3, -0.25) is 14.9 Å². The highest BCUT2D eigenvalue weighted by Gasteiger charge is 2.17. The van der Waals surface area contributed by atoms with Gasteiger partial charge in [0, 0.05) is 37.5 Å². The third-order valence-electron chi connectivity index (χ3n) is 3.95. The molecule has 0 saturated heterocycles. The largest absolute Gasteiger partial charge is 0.411 e. The summed E-state index contributed by atoms with van der Waals surface area (Å²) in [5.41, 5.74) is 0.727. The zero-order chi connectivity index (χ0) is 22.6. The molecule has 1 amide bonds. The van der Waals surface area contributed by atoms with Crippen molar-refractivity contribution >= 4 is 39.1 Å². The van der Waals surface area contributed by atoms with E-state index < -0.39 is 14.9 Å². The van der Waals surface area contributed by atoms with E-state index in [0.717, 1.165) is 16.1 Å². The molecular formula is C18H17N5O6S2. The van der Waals surface area contributed by atoms with Crippen LogP contribution in [0, 0.1) is 10.1 Å². The van der Waals surface area contributed by atoms with E-state index in [2.05, 4.69) is 15.5 Å². The number of nitrogens with zero attached hydrogens (tertiary/aromatic N) is 4. The number of anilines is 1. The second kappa shape index (κ2) is 9.24.